The minimum absolute atomic E-state index is 0.598. The Hall–Kier alpha value is -1.77. The Labute approximate surface area is 73.6 Å². The summed E-state index contributed by atoms with van der Waals surface area (Å²) in [6.07, 6.45) is 0.664. The lowest BCUT2D eigenvalue weighted by Crippen LogP contribution is -1.89. The number of rotatable bonds is 0. The molecule has 0 radical (unpaired) electrons. The molecule has 1 aliphatic carbocycles. The van der Waals surface area contributed by atoms with Crippen LogP contribution in [0.2, 0.25) is 0 Å². The highest BCUT2D eigenvalue weighted by Gasteiger charge is 2.24. The first-order valence-corrected chi connectivity index (χ1v) is 4.06. The average molecular weight is 174 g/mol. The van der Waals surface area contributed by atoms with E-state index in [1.54, 1.807) is 0 Å². The van der Waals surface area contributed by atoms with Crippen molar-refractivity contribution in [2.24, 2.45) is 0 Å². The van der Waals surface area contributed by atoms with Crippen molar-refractivity contribution < 1.29 is 8.83 Å². The topological polar surface area (TPSA) is 43.4 Å². The van der Waals surface area contributed by atoms with Crippen LogP contribution in [-0.2, 0) is 6.42 Å². The highest BCUT2D eigenvalue weighted by molar-refractivity contribution is 5.69. The lowest BCUT2D eigenvalue weighted by atomic mass is 10.1. The molecule has 3 nitrogen and oxygen atoms in total. The quantitative estimate of drug-likeness (QED) is 0.522. The standard InChI is InChI=1S/C10H6O3/c11-10-12-8-5-6-3-1-2-4-7(6)9(8)13-10/h1-4H,5H2. The SMILES string of the molecule is O=c1oc2c(o1)-c1ccccc1C2. The zero-order chi connectivity index (χ0) is 8.84. The summed E-state index contributed by atoms with van der Waals surface area (Å²) in [4.78, 5) is 10.8. The third-order valence-corrected chi connectivity index (χ3v) is 2.26. The van der Waals surface area contributed by atoms with Gasteiger partial charge in [0.1, 0.15) is 0 Å². The highest BCUT2D eigenvalue weighted by atomic mass is 16.6. The Morgan fingerprint density at radius 3 is 2.92 bits per heavy atom. The van der Waals surface area contributed by atoms with E-state index in [0.717, 1.165) is 11.1 Å². The van der Waals surface area contributed by atoms with Gasteiger partial charge in [0.2, 0.25) is 0 Å². The fourth-order valence-electron chi connectivity index (χ4n) is 1.70. The summed E-state index contributed by atoms with van der Waals surface area (Å²) in [5, 5.41) is 0. The van der Waals surface area contributed by atoms with E-state index in [-0.39, 0.29) is 0 Å². The highest BCUT2D eigenvalue weighted by Crippen LogP contribution is 2.35. The van der Waals surface area contributed by atoms with Crippen LogP contribution in [0, 0.1) is 0 Å². The number of hydrogen-bond donors (Lipinski definition) is 0. The van der Waals surface area contributed by atoms with Crippen molar-refractivity contribution in [1.29, 1.82) is 0 Å². The smallest absolute Gasteiger partial charge is 0.395 e. The van der Waals surface area contributed by atoms with Crippen molar-refractivity contribution in [3.63, 3.8) is 0 Å². The maximum absolute atomic E-state index is 10.8. The zero-order valence-electron chi connectivity index (χ0n) is 6.74. The second-order valence-electron chi connectivity index (χ2n) is 3.04. The van der Waals surface area contributed by atoms with Crippen LogP contribution in [0.4, 0.5) is 0 Å². The van der Waals surface area contributed by atoms with Crippen LogP contribution >= 0.6 is 0 Å². The van der Waals surface area contributed by atoms with E-state index in [9.17, 15) is 4.79 Å². The lowest BCUT2D eigenvalue weighted by Gasteiger charge is -1.93. The summed E-state index contributed by atoms with van der Waals surface area (Å²) in [7, 11) is 0. The van der Waals surface area contributed by atoms with Crippen LogP contribution in [0.1, 0.15) is 11.3 Å². The predicted molar refractivity (Wildman–Crippen MR) is 45.5 cm³/mol. The molecule has 0 aliphatic heterocycles. The Balaban J connectivity index is 2.36. The number of fused-ring (bicyclic) bond motifs is 3. The van der Waals surface area contributed by atoms with Crippen LogP contribution < -0.4 is 5.82 Å². The van der Waals surface area contributed by atoms with Crippen molar-refractivity contribution in [2.45, 2.75) is 6.42 Å². The van der Waals surface area contributed by atoms with Gasteiger partial charge in [-0.2, -0.15) is 0 Å². The fourth-order valence-corrected chi connectivity index (χ4v) is 1.70. The molecule has 0 bridgehead atoms. The molecule has 2 aromatic rings. The van der Waals surface area contributed by atoms with E-state index in [1.165, 1.54) is 0 Å². The molecule has 0 fully saturated rings. The molecule has 0 saturated heterocycles. The van der Waals surface area contributed by atoms with Crippen LogP contribution in [0.5, 0.6) is 0 Å². The summed E-state index contributed by atoms with van der Waals surface area (Å²) in [6.45, 7) is 0. The fraction of sp³-hybridized carbons (Fsp3) is 0.100. The van der Waals surface area contributed by atoms with E-state index < -0.39 is 5.82 Å². The Kier molecular flexibility index (Phi) is 1.10. The van der Waals surface area contributed by atoms with Gasteiger partial charge in [-0.25, -0.2) is 4.79 Å². The van der Waals surface area contributed by atoms with Crippen LogP contribution in [-0.4, -0.2) is 0 Å². The molecule has 1 aromatic carbocycles. The van der Waals surface area contributed by atoms with Crippen molar-refractivity contribution in [3.8, 4) is 11.3 Å². The summed E-state index contributed by atoms with van der Waals surface area (Å²) in [5.41, 5.74) is 2.13. The molecule has 13 heavy (non-hydrogen) atoms. The van der Waals surface area contributed by atoms with E-state index >= 15 is 0 Å². The van der Waals surface area contributed by atoms with Crippen LogP contribution in [0.25, 0.3) is 11.3 Å². The van der Waals surface area contributed by atoms with Gasteiger partial charge in [0, 0.05) is 12.0 Å². The molecule has 0 N–H and O–H groups in total. The van der Waals surface area contributed by atoms with Crippen molar-refractivity contribution in [3.05, 3.63) is 46.2 Å². The first kappa shape index (κ1) is 6.71. The summed E-state index contributed by atoms with van der Waals surface area (Å²) < 4.78 is 9.82. The third-order valence-electron chi connectivity index (χ3n) is 2.26. The molecule has 3 heteroatoms. The molecule has 0 amide bonds. The molecule has 0 unspecified atom stereocenters. The van der Waals surface area contributed by atoms with Gasteiger partial charge in [-0.15, -0.1) is 0 Å². The van der Waals surface area contributed by atoms with Gasteiger partial charge in [0.25, 0.3) is 0 Å². The van der Waals surface area contributed by atoms with Gasteiger partial charge < -0.3 is 8.83 Å². The van der Waals surface area contributed by atoms with E-state index in [2.05, 4.69) is 0 Å². The molecule has 0 atom stereocenters. The molecule has 1 aromatic heterocycles. The normalized spacial score (nSPS) is 12.6. The van der Waals surface area contributed by atoms with Crippen molar-refractivity contribution >= 4 is 0 Å². The van der Waals surface area contributed by atoms with Crippen molar-refractivity contribution in [2.75, 3.05) is 0 Å². The molecule has 0 saturated carbocycles. The summed E-state index contributed by atoms with van der Waals surface area (Å²) >= 11 is 0. The van der Waals surface area contributed by atoms with Crippen molar-refractivity contribution in [1.82, 2.24) is 0 Å². The van der Waals surface area contributed by atoms with Gasteiger partial charge in [-0.1, -0.05) is 24.3 Å². The Morgan fingerprint density at radius 2 is 2.00 bits per heavy atom. The van der Waals surface area contributed by atoms with E-state index in [4.69, 9.17) is 8.83 Å². The number of benzene rings is 1. The van der Waals surface area contributed by atoms with Gasteiger partial charge in [-0.3, -0.25) is 0 Å². The minimum atomic E-state index is -0.612. The maximum Gasteiger partial charge on any atom is 0.519 e. The molecule has 0 spiro atoms. The first-order valence-electron chi connectivity index (χ1n) is 4.06. The Morgan fingerprint density at radius 1 is 1.15 bits per heavy atom. The lowest BCUT2D eigenvalue weighted by molar-refractivity contribution is 0.376. The van der Waals surface area contributed by atoms with Crippen LogP contribution in [0.15, 0.2) is 37.9 Å². The van der Waals surface area contributed by atoms with E-state index in [0.29, 0.717) is 17.9 Å². The average Bonchev–Trinajstić information content (AvgIpc) is 2.60. The molecule has 1 heterocycles. The predicted octanol–water partition coefficient (Wildman–Crippen LogP) is 1.80. The summed E-state index contributed by atoms with van der Waals surface area (Å²) in [6, 6.07) is 7.81. The third kappa shape index (κ3) is 0.811. The van der Waals surface area contributed by atoms with Gasteiger partial charge in [-0.05, 0) is 5.56 Å². The van der Waals surface area contributed by atoms with E-state index in [1.807, 2.05) is 24.3 Å². The van der Waals surface area contributed by atoms with Gasteiger partial charge in [0.15, 0.2) is 11.5 Å². The molecular formula is C10H6O3. The summed E-state index contributed by atoms with van der Waals surface area (Å²) in [5.74, 6) is 0.631. The monoisotopic (exact) mass is 174 g/mol. The second kappa shape index (κ2) is 2.13. The second-order valence-corrected chi connectivity index (χ2v) is 3.04. The van der Waals surface area contributed by atoms with Crippen LogP contribution in [0.3, 0.4) is 0 Å². The largest absolute Gasteiger partial charge is 0.519 e. The Bertz CT molecular complexity index is 519. The van der Waals surface area contributed by atoms with Gasteiger partial charge >= 0.3 is 5.82 Å². The molecule has 64 valence electrons. The molecule has 1 aliphatic rings. The minimum Gasteiger partial charge on any atom is -0.395 e. The first-order chi connectivity index (χ1) is 6.34. The number of hydrogen-bond acceptors (Lipinski definition) is 3. The van der Waals surface area contributed by atoms with Gasteiger partial charge in [0.05, 0.1) is 0 Å². The molecule has 3 rings (SSSR count). The molecular weight excluding hydrogens is 168 g/mol. The maximum atomic E-state index is 10.8. The zero-order valence-corrected chi connectivity index (χ0v) is 6.74.